The van der Waals surface area contributed by atoms with Gasteiger partial charge in [0.1, 0.15) is 0 Å². The van der Waals surface area contributed by atoms with Gasteiger partial charge in [-0.25, -0.2) is 0 Å². The number of halogens is 4. The van der Waals surface area contributed by atoms with Crippen LogP contribution in [0, 0.1) is 0 Å². The lowest BCUT2D eigenvalue weighted by Gasteiger charge is -2.38. The molecule has 8 N–H and O–H groups in total. The molecule has 14 heteroatoms. The summed E-state index contributed by atoms with van der Waals surface area (Å²) in [4.78, 5) is 3.80. The lowest BCUT2D eigenvalue weighted by molar-refractivity contribution is -0.0332. The third kappa shape index (κ3) is 13.3. The topological polar surface area (TPSA) is 152 Å². The van der Waals surface area contributed by atoms with E-state index in [0.29, 0.717) is 39.3 Å². The predicted octanol–water partition coefficient (Wildman–Crippen LogP) is -3.10. The minimum atomic E-state index is -1.06. The number of rotatable bonds is 8. The highest BCUT2D eigenvalue weighted by Crippen LogP contribution is 2.09. The molecule has 1 aliphatic rings. The Morgan fingerprint density at radius 2 is 0.867 bits per heavy atom. The Hall–Kier alpha value is 0.760. The molecule has 0 aromatic rings. The van der Waals surface area contributed by atoms with E-state index < -0.39 is 37.5 Å². The van der Waals surface area contributed by atoms with Crippen molar-refractivity contribution < 1.29 is 30.6 Å². The van der Waals surface area contributed by atoms with Crippen LogP contribution in [0.5, 0.6) is 0 Å². The Bertz CT molecular complexity index is 340. The van der Waals surface area contributed by atoms with E-state index >= 15 is 0 Å². The summed E-state index contributed by atoms with van der Waals surface area (Å²) in [6.07, 6.45) is -2.11. The van der Waals surface area contributed by atoms with Crippen LogP contribution in [-0.2, 0) is 0 Å². The molecular formula is C16H40Cl4N4O6. The molecule has 2 unspecified atom stereocenters. The quantitative estimate of drug-likeness (QED) is 0.163. The minimum Gasteiger partial charge on any atom is -0.395 e. The maximum atomic E-state index is 10.00. The molecule has 1 heterocycles. The smallest absolute Gasteiger partial charge is 0.0947 e. The largest absolute Gasteiger partial charge is 0.395 e. The van der Waals surface area contributed by atoms with E-state index in [-0.39, 0.29) is 62.8 Å². The predicted molar refractivity (Wildman–Crippen MR) is 126 cm³/mol. The van der Waals surface area contributed by atoms with Crippen LogP contribution in [0.25, 0.3) is 0 Å². The van der Waals surface area contributed by atoms with Gasteiger partial charge in [-0.15, -0.1) is 49.6 Å². The summed E-state index contributed by atoms with van der Waals surface area (Å²) in [6, 6.07) is -1.19. The summed E-state index contributed by atoms with van der Waals surface area (Å²) < 4.78 is 0. The van der Waals surface area contributed by atoms with E-state index in [9.17, 15) is 30.6 Å². The number of nitrogens with zero attached hydrogens (tertiary/aromatic N) is 2. The van der Waals surface area contributed by atoms with Crippen LogP contribution in [0.3, 0.4) is 0 Å². The molecule has 0 saturated carbocycles. The summed E-state index contributed by atoms with van der Waals surface area (Å²) in [5, 5.41) is 64.3. The van der Waals surface area contributed by atoms with Crippen molar-refractivity contribution in [1.82, 2.24) is 20.4 Å². The van der Waals surface area contributed by atoms with Crippen molar-refractivity contribution in [1.29, 1.82) is 0 Å². The average molecular weight is 526 g/mol. The van der Waals surface area contributed by atoms with Crippen molar-refractivity contribution >= 4 is 49.6 Å². The van der Waals surface area contributed by atoms with Crippen LogP contribution < -0.4 is 10.6 Å². The van der Waals surface area contributed by atoms with Crippen molar-refractivity contribution in [2.45, 2.75) is 24.3 Å². The van der Waals surface area contributed by atoms with Crippen LogP contribution in [0.4, 0.5) is 0 Å². The molecule has 0 spiro atoms. The first kappa shape index (κ1) is 38.0. The normalized spacial score (nSPS) is 21.0. The van der Waals surface area contributed by atoms with Gasteiger partial charge in [-0.3, -0.25) is 9.80 Å². The lowest BCUT2D eigenvalue weighted by Crippen LogP contribution is -2.56. The third-order valence-electron chi connectivity index (χ3n) is 4.88. The van der Waals surface area contributed by atoms with E-state index in [0.717, 1.165) is 13.1 Å². The summed E-state index contributed by atoms with van der Waals surface area (Å²) in [5.41, 5.74) is 0. The van der Waals surface area contributed by atoms with Gasteiger partial charge in [0.2, 0.25) is 0 Å². The van der Waals surface area contributed by atoms with Gasteiger partial charge in [-0.05, 0) is 0 Å². The monoisotopic (exact) mass is 524 g/mol. The summed E-state index contributed by atoms with van der Waals surface area (Å²) in [6.45, 7) is 3.50. The van der Waals surface area contributed by atoms with Gasteiger partial charge in [0.05, 0.1) is 50.7 Å². The van der Waals surface area contributed by atoms with Crippen LogP contribution in [0.2, 0.25) is 0 Å². The highest BCUT2D eigenvalue weighted by atomic mass is 35.5. The van der Waals surface area contributed by atoms with E-state index in [1.54, 1.807) is 0 Å². The zero-order chi connectivity index (χ0) is 19.4. The molecule has 0 aromatic carbocycles. The summed E-state index contributed by atoms with van der Waals surface area (Å²) >= 11 is 0. The van der Waals surface area contributed by atoms with Crippen LogP contribution >= 0.6 is 49.6 Å². The number of aliphatic hydroxyl groups excluding tert-OH is 6. The maximum absolute atomic E-state index is 10.00. The number of hydrogen-bond acceptors (Lipinski definition) is 10. The Kier molecular flexibility index (Phi) is 29.1. The summed E-state index contributed by atoms with van der Waals surface area (Å²) in [7, 11) is 0. The molecule has 1 saturated heterocycles. The third-order valence-corrected chi connectivity index (χ3v) is 4.88. The molecule has 0 aliphatic carbocycles. The second kappa shape index (κ2) is 22.9. The Morgan fingerprint density at radius 1 is 0.533 bits per heavy atom. The molecule has 10 nitrogen and oxygen atoms in total. The van der Waals surface area contributed by atoms with Crippen molar-refractivity contribution in [3.63, 3.8) is 0 Å². The van der Waals surface area contributed by atoms with Crippen LogP contribution in [0.1, 0.15) is 0 Å². The van der Waals surface area contributed by atoms with Crippen molar-refractivity contribution in [2.24, 2.45) is 0 Å². The van der Waals surface area contributed by atoms with Gasteiger partial charge < -0.3 is 41.3 Å². The Balaban J connectivity index is -0.000000845. The zero-order valence-electron chi connectivity index (χ0n) is 17.0. The fraction of sp³-hybridized carbons (Fsp3) is 1.00. The van der Waals surface area contributed by atoms with Gasteiger partial charge in [-0.2, -0.15) is 0 Å². The van der Waals surface area contributed by atoms with Crippen LogP contribution in [0.15, 0.2) is 0 Å². The van der Waals surface area contributed by atoms with Gasteiger partial charge in [-0.1, -0.05) is 0 Å². The fourth-order valence-electron chi connectivity index (χ4n) is 3.22. The van der Waals surface area contributed by atoms with Crippen LogP contribution in [-0.4, -0.2) is 144 Å². The van der Waals surface area contributed by atoms with Gasteiger partial charge >= 0.3 is 0 Å². The van der Waals surface area contributed by atoms with Gasteiger partial charge in [0.25, 0.3) is 0 Å². The number of aliphatic hydroxyl groups is 6. The molecule has 1 rings (SSSR count). The standard InChI is InChI=1S/C16H36N4O6.4ClH/c21-9-13(15(25)11-23)19-5-3-17-1-2-18-4-6-20(8-7-19)14(10-22)16(26)12-24;;;;/h13-18,21-26H,1-12H2;4*1H/t13?,14?,15-,16+;;;;. The molecule has 4 atom stereocenters. The number of nitrogens with one attached hydrogen (secondary N) is 2. The van der Waals surface area contributed by atoms with E-state index in [1.807, 2.05) is 9.80 Å². The molecular weight excluding hydrogens is 486 g/mol. The minimum absolute atomic E-state index is 0. The second-order valence-corrected chi connectivity index (χ2v) is 6.57. The molecule has 188 valence electrons. The highest BCUT2D eigenvalue weighted by Gasteiger charge is 2.28. The fourth-order valence-corrected chi connectivity index (χ4v) is 3.22. The van der Waals surface area contributed by atoms with E-state index in [4.69, 9.17) is 0 Å². The Morgan fingerprint density at radius 3 is 1.13 bits per heavy atom. The first-order valence-corrected chi connectivity index (χ1v) is 9.28. The van der Waals surface area contributed by atoms with E-state index in [1.165, 1.54) is 0 Å². The molecule has 0 aromatic heterocycles. The van der Waals surface area contributed by atoms with Gasteiger partial charge in [0.15, 0.2) is 0 Å². The van der Waals surface area contributed by atoms with Crippen molar-refractivity contribution in [3.05, 3.63) is 0 Å². The maximum Gasteiger partial charge on any atom is 0.0947 e. The summed E-state index contributed by atoms with van der Waals surface area (Å²) in [5.74, 6) is 0. The highest BCUT2D eigenvalue weighted by molar-refractivity contribution is 5.86. The SMILES string of the molecule is Cl.Cl.Cl.Cl.OCC([C@H](O)CO)N1CCNCCNCCN(C(CO)[C@@H](O)CO)CC1. The molecule has 0 amide bonds. The zero-order valence-corrected chi connectivity index (χ0v) is 20.3. The second-order valence-electron chi connectivity index (χ2n) is 6.57. The average Bonchev–Trinajstić information content (AvgIpc) is 2.65. The van der Waals surface area contributed by atoms with Gasteiger partial charge in [0, 0.05) is 52.4 Å². The van der Waals surface area contributed by atoms with Crippen molar-refractivity contribution in [2.75, 3.05) is 78.8 Å². The Labute approximate surface area is 203 Å². The molecule has 30 heavy (non-hydrogen) atoms. The molecule has 1 aliphatic heterocycles. The molecule has 0 bridgehead atoms. The number of hydrogen-bond donors (Lipinski definition) is 8. The first-order valence-electron chi connectivity index (χ1n) is 9.28. The van der Waals surface area contributed by atoms with Crippen molar-refractivity contribution in [3.8, 4) is 0 Å². The van der Waals surface area contributed by atoms with E-state index in [2.05, 4.69) is 10.6 Å². The molecule has 1 fully saturated rings. The first-order chi connectivity index (χ1) is 12.6. The molecule has 0 radical (unpaired) electrons. The lowest BCUT2D eigenvalue weighted by atomic mass is 10.1.